The predicted octanol–water partition coefficient (Wildman–Crippen LogP) is 6.23. The van der Waals surface area contributed by atoms with E-state index in [1.165, 1.54) is 23.6 Å². The maximum absolute atomic E-state index is 12.8. The van der Waals surface area contributed by atoms with E-state index < -0.39 is 11.7 Å². The molecule has 0 fully saturated rings. The van der Waals surface area contributed by atoms with Crippen molar-refractivity contribution in [1.82, 2.24) is 5.43 Å². The van der Waals surface area contributed by atoms with E-state index in [2.05, 4.69) is 24.4 Å². The van der Waals surface area contributed by atoms with Crippen LogP contribution in [0.2, 0.25) is 0 Å². The quantitative estimate of drug-likeness (QED) is 0.345. The first-order valence-electron chi connectivity index (χ1n) is 9.53. The van der Waals surface area contributed by atoms with Crippen LogP contribution in [-0.4, -0.2) is 12.1 Å². The molecule has 8 heteroatoms. The van der Waals surface area contributed by atoms with Gasteiger partial charge >= 0.3 is 6.18 Å². The zero-order valence-electron chi connectivity index (χ0n) is 16.9. The van der Waals surface area contributed by atoms with Crippen molar-refractivity contribution >= 4 is 23.5 Å². The Balaban J connectivity index is 1.52. The Labute approximate surface area is 182 Å². The second-order valence-electron chi connectivity index (χ2n) is 7.15. The summed E-state index contributed by atoms with van der Waals surface area (Å²) in [6, 6.07) is 13.7. The summed E-state index contributed by atoms with van der Waals surface area (Å²) in [7, 11) is 0. The second kappa shape index (κ2) is 9.78. The van der Waals surface area contributed by atoms with Crippen molar-refractivity contribution in [3.05, 3.63) is 87.1 Å². The van der Waals surface area contributed by atoms with Gasteiger partial charge in [0, 0.05) is 10.3 Å². The number of carbonyl (C=O) groups excluding carboxylic acids is 1. The number of alkyl halides is 3. The maximum atomic E-state index is 12.8. The molecule has 0 bridgehead atoms. The lowest BCUT2D eigenvalue weighted by Crippen LogP contribution is -2.16. The van der Waals surface area contributed by atoms with E-state index in [0.29, 0.717) is 22.8 Å². The zero-order valence-corrected chi connectivity index (χ0v) is 17.8. The normalized spacial score (nSPS) is 11.8. The molecule has 2 aromatic carbocycles. The number of hydrazone groups is 1. The molecule has 31 heavy (non-hydrogen) atoms. The van der Waals surface area contributed by atoms with Gasteiger partial charge in [0.05, 0.1) is 17.3 Å². The average Bonchev–Trinajstić information content (AvgIpc) is 3.24. The average molecular weight is 446 g/mol. The van der Waals surface area contributed by atoms with Crippen LogP contribution in [0.25, 0.3) is 0 Å². The first kappa shape index (κ1) is 22.6. The molecule has 0 saturated heterocycles. The highest BCUT2D eigenvalue weighted by atomic mass is 32.1. The Morgan fingerprint density at radius 2 is 1.90 bits per heavy atom. The number of rotatable bonds is 7. The molecule has 0 saturated carbocycles. The molecule has 1 amide bonds. The predicted molar refractivity (Wildman–Crippen MR) is 116 cm³/mol. The summed E-state index contributed by atoms with van der Waals surface area (Å²) in [5, 5.41) is 5.76. The lowest BCUT2D eigenvalue weighted by molar-refractivity contribution is -0.137. The molecule has 162 valence electrons. The molecule has 0 spiro atoms. The molecule has 4 nitrogen and oxygen atoms in total. The van der Waals surface area contributed by atoms with Crippen molar-refractivity contribution in [2.45, 2.75) is 32.5 Å². The van der Waals surface area contributed by atoms with Gasteiger partial charge in [0.1, 0.15) is 12.4 Å². The molecule has 0 atom stereocenters. The van der Waals surface area contributed by atoms with Gasteiger partial charge in [-0.2, -0.15) is 18.3 Å². The van der Waals surface area contributed by atoms with E-state index >= 15 is 0 Å². The van der Waals surface area contributed by atoms with E-state index in [4.69, 9.17) is 4.74 Å². The fourth-order valence-corrected chi connectivity index (χ4v) is 3.56. The van der Waals surface area contributed by atoms with E-state index in [1.54, 1.807) is 35.7 Å². The minimum atomic E-state index is -4.38. The van der Waals surface area contributed by atoms with E-state index in [9.17, 15) is 18.0 Å². The van der Waals surface area contributed by atoms with Gasteiger partial charge in [0.2, 0.25) is 0 Å². The van der Waals surface area contributed by atoms with Gasteiger partial charge in [-0.25, -0.2) is 5.43 Å². The summed E-state index contributed by atoms with van der Waals surface area (Å²) in [5.41, 5.74) is 3.53. The third-order valence-corrected chi connectivity index (χ3v) is 5.60. The first-order chi connectivity index (χ1) is 14.7. The van der Waals surface area contributed by atoms with Crippen molar-refractivity contribution in [3.8, 4) is 5.75 Å². The number of nitrogens with zero attached hydrogens (tertiary/aromatic N) is 1. The number of ether oxygens (including phenoxy) is 1. The topological polar surface area (TPSA) is 50.7 Å². The van der Waals surface area contributed by atoms with Crippen LogP contribution in [0.1, 0.15) is 51.7 Å². The summed E-state index contributed by atoms with van der Waals surface area (Å²) < 4.78 is 43.9. The van der Waals surface area contributed by atoms with Gasteiger partial charge in [-0.3, -0.25) is 4.79 Å². The first-order valence-corrected chi connectivity index (χ1v) is 10.4. The molecule has 3 aromatic rings. The largest absolute Gasteiger partial charge is 0.489 e. The zero-order chi connectivity index (χ0) is 22.4. The SMILES string of the molecule is CC(C)c1cc(C(=O)N/N=C\c2ccc(OCc3cccc(C(F)(F)F)c3)cc2)cs1. The van der Waals surface area contributed by atoms with Gasteiger partial charge in [-0.05, 0) is 59.5 Å². The molecule has 1 N–H and O–H groups in total. The van der Waals surface area contributed by atoms with Crippen LogP contribution < -0.4 is 10.2 Å². The Kier molecular flexibility index (Phi) is 7.12. The molecule has 1 heterocycles. The van der Waals surface area contributed by atoms with Crippen molar-refractivity contribution in [1.29, 1.82) is 0 Å². The molecule has 0 aliphatic rings. The summed E-state index contributed by atoms with van der Waals surface area (Å²) >= 11 is 1.54. The molecule has 0 unspecified atom stereocenters. The second-order valence-corrected chi connectivity index (χ2v) is 8.09. The van der Waals surface area contributed by atoms with Crippen molar-refractivity contribution in [2.24, 2.45) is 5.10 Å². The Bertz CT molecular complexity index is 1060. The fourth-order valence-electron chi connectivity index (χ4n) is 2.66. The monoisotopic (exact) mass is 446 g/mol. The summed E-state index contributed by atoms with van der Waals surface area (Å²) in [5.74, 6) is 0.600. The van der Waals surface area contributed by atoms with E-state index in [0.717, 1.165) is 22.6 Å². The minimum absolute atomic E-state index is 0.0203. The van der Waals surface area contributed by atoms with Gasteiger partial charge in [0.15, 0.2) is 0 Å². The molecule has 0 radical (unpaired) electrons. The Morgan fingerprint density at radius 1 is 1.16 bits per heavy atom. The molecular formula is C23H21F3N2O2S. The third kappa shape index (κ3) is 6.42. The van der Waals surface area contributed by atoms with Gasteiger partial charge in [-0.15, -0.1) is 11.3 Å². The minimum Gasteiger partial charge on any atom is -0.489 e. The van der Waals surface area contributed by atoms with Crippen LogP contribution in [-0.2, 0) is 12.8 Å². The maximum Gasteiger partial charge on any atom is 0.416 e. The van der Waals surface area contributed by atoms with Crippen LogP contribution in [0.5, 0.6) is 5.75 Å². The molecule has 3 rings (SSSR count). The Morgan fingerprint density at radius 3 is 2.55 bits per heavy atom. The number of halogens is 3. The third-order valence-electron chi connectivity index (χ3n) is 4.37. The van der Waals surface area contributed by atoms with Crippen LogP contribution in [0.4, 0.5) is 13.2 Å². The molecule has 0 aliphatic heterocycles. The number of hydrogen-bond acceptors (Lipinski definition) is 4. The highest BCUT2D eigenvalue weighted by Gasteiger charge is 2.30. The number of thiophene rings is 1. The summed E-state index contributed by atoms with van der Waals surface area (Å²) in [6.07, 6.45) is -2.88. The standard InChI is InChI=1S/C23H21F3N2O2S/c1-15(2)21-11-18(14-31-21)22(29)28-27-12-16-6-8-20(9-7-16)30-13-17-4-3-5-19(10-17)23(24,25)26/h3-12,14-15H,13H2,1-2H3,(H,28,29)/b27-12-. The summed E-state index contributed by atoms with van der Waals surface area (Å²) in [4.78, 5) is 13.3. The number of amides is 1. The van der Waals surface area contributed by atoms with Gasteiger partial charge < -0.3 is 4.74 Å². The van der Waals surface area contributed by atoms with Crippen LogP contribution >= 0.6 is 11.3 Å². The van der Waals surface area contributed by atoms with Crippen molar-refractivity contribution in [3.63, 3.8) is 0 Å². The van der Waals surface area contributed by atoms with Crippen LogP contribution in [0, 0.1) is 0 Å². The lowest BCUT2D eigenvalue weighted by Gasteiger charge is -2.10. The summed E-state index contributed by atoms with van der Waals surface area (Å²) in [6.45, 7) is 4.16. The van der Waals surface area contributed by atoms with E-state index in [1.807, 2.05) is 6.07 Å². The van der Waals surface area contributed by atoms with Crippen LogP contribution in [0.3, 0.4) is 0 Å². The smallest absolute Gasteiger partial charge is 0.416 e. The molecule has 0 aliphatic carbocycles. The van der Waals surface area contributed by atoms with Crippen molar-refractivity contribution < 1.29 is 22.7 Å². The van der Waals surface area contributed by atoms with Gasteiger partial charge in [0.25, 0.3) is 5.91 Å². The van der Waals surface area contributed by atoms with E-state index in [-0.39, 0.29) is 12.5 Å². The molecule has 1 aromatic heterocycles. The highest BCUT2D eigenvalue weighted by molar-refractivity contribution is 7.10. The van der Waals surface area contributed by atoms with Crippen molar-refractivity contribution in [2.75, 3.05) is 0 Å². The Hall–Kier alpha value is -3.13. The molecular weight excluding hydrogens is 425 g/mol. The number of hydrogen-bond donors (Lipinski definition) is 1. The number of nitrogens with one attached hydrogen (secondary N) is 1. The highest BCUT2D eigenvalue weighted by Crippen LogP contribution is 2.29. The van der Waals surface area contributed by atoms with Gasteiger partial charge in [-0.1, -0.05) is 26.0 Å². The van der Waals surface area contributed by atoms with Crippen LogP contribution in [0.15, 0.2) is 65.1 Å². The lowest BCUT2D eigenvalue weighted by atomic mass is 10.1. The fraction of sp³-hybridized carbons (Fsp3) is 0.217. The number of benzene rings is 2. The number of carbonyl (C=O) groups is 1.